The molecule has 0 amide bonds. The highest BCUT2D eigenvalue weighted by Crippen LogP contribution is 2.33. The van der Waals surface area contributed by atoms with Crippen molar-refractivity contribution in [2.24, 2.45) is 0 Å². The van der Waals surface area contributed by atoms with Crippen LogP contribution in [-0.4, -0.2) is 19.3 Å². The number of anilines is 1. The number of ether oxygens (including phenoxy) is 2. The third-order valence-electron chi connectivity index (χ3n) is 3.20. The van der Waals surface area contributed by atoms with Crippen LogP contribution in [-0.2, 0) is 4.74 Å². The van der Waals surface area contributed by atoms with E-state index in [-0.39, 0.29) is 6.10 Å². The molecule has 0 aromatic heterocycles. The molecule has 2 N–H and O–H groups in total. The highest BCUT2D eigenvalue weighted by atomic mass is 79.9. The van der Waals surface area contributed by atoms with Crippen LogP contribution in [0.3, 0.4) is 0 Å². The Hall–Kier alpha value is -0.740. The number of hydrogen-bond donors (Lipinski definition) is 1. The summed E-state index contributed by atoms with van der Waals surface area (Å²) in [5.41, 5.74) is 6.54. The molecule has 1 aliphatic carbocycles. The summed E-state index contributed by atoms with van der Waals surface area (Å²) >= 11 is 3.46. The molecule has 0 radical (unpaired) electrons. The van der Waals surface area contributed by atoms with E-state index in [1.54, 1.807) is 7.11 Å². The minimum Gasteiger partial charge on any atom is -0.489 e. The van der Waals surface area contributed by atoms with E-state index in [1.165, 1.54) is 0 Å². The van der Waals surface area contributed by atoms with Gasteiger partial charge in [0.15, 0.2) is 0 Å². The van der Waals surface area contributed by atoms with Crippen LogP contribution in [0, 0.1) is 0 Å². The van der Waals surface area contributed by atoms with Crippen LogP contribution in [0.2, 0.25) is 0 Å². The molecule has 0 saturated heterocycles. The van der Waals surface area contributed by atoms with Crippen LogP contribution in [0.5, 0.6) is 5.75 Å². The Kier molecular flexibility index (Phi) is 4.29. The van der Waals surface area contributed by atoms with Gasteiger partial charge >= 0.3 is 0 Å². The Morgan fingerprint density at radius 2 is 2.06 bits per heavy atom. The predicted molar refractivity (Wildman–Crippen MR) is 72.2 cm³/mol. The maximum atomic E-state index is 5.99. The van der Waals surface area contributed by atoms with Gasteiger partial charge in [-0.1, -0.05) is 6.07 Å². The zero-order valence-corrected chi connectivity index (χ0v) is 11.6. The quantitative estimate of drug-likeness (QED) is 0.870. The van der Waals surface area contributed by atoms with E-state index in [4.69, 9.17) is 15.2 Å². The van der Waals surface area contributed by atoms with Gasteiger partial charge in [0.1, 0.15) is 11.9 Å². The van der Waals surface area contributed by atoms with Gasteiger partial charge in [0.2, 0.25) is 0 Å². The van der Waals surface area contributed by atoms with Crippen molar-refractivity contribution < 1.29 is 9.47 Å². The van der Waals surface area contributed by atoms with Gasteiger partial charge in [-0.25, -0.2) is 0 Å². The smallest absolute Gasteiger partial charge is 0.135 e. The van der Waals surface area contributed by atoms with E-state index >= 15 is 0 Å². The van der Waals surface area contributed by atoms with Gasteiger partial charge in [-0.2, -0.15) is 0 Å². The average molecular weight is 300 g/mol. The maximum absolute atomic E-state index is 5.99. The summed E-state index contributed by atoms with van der Waals surface area (Å²) in [4.78, 5) is 0. The summed E-state index contributed by atoms with van der Waals surface area (Å²) in [6.45, 7) is 0. The van der Waals surface area contributed by atoms with Gasteiger partial charge < -0.3 is 15.2 Å². The Morgan fingerprint density at radius 3 is 2.82 bits per heavy atom. The molecular formula is C13H18BrNO2. The topological polar surface area (TPSA) is 44.5 Å². The first-order valence-electron chi connectivity index (χ1n) is 5.94. The number of methoxy groups -OCH3 is 1. The standard InChI is InChI=1S/C13H18BrNO2/c1-16-9-4-2-5-10(8-9)17-12-7-3-6-11(15)13(12)14/h3,6-7,9-10H,2,4-5,8,15H2,1H3. The first-order valence-corrected chi connectivity index (χ1v) is 6.73. The lowest BCUT2D eigenvalue weighted by molar-refractivity contribution is 0.0207. The van der Waals surface area contributed by atoms with Crippen molar-refractivity contribution in [1.29, 1.82) is 0 Å². The Morgan fingerprint density at radius 1 is 1.29 bits per heavy atom. The number of hydrogen-bond acceptors (Lipinski definition) is 3. The fourth-order valence-electron chi connectivity index (χ4n) is 2.22. The first kappa shape index (κ1) is 12.7. The molecule has 0 aliphatic heterocycles. The number of halogens is 1. The number of rotatable bonds is 3. The van der Waals surface area contributed by atoms with Crippen molar-refractivity contribution in [2.75, 3.05) is 12.8 Å². The lowest BCUT2D eigenvalue weighted by Crippen LogP contribution is -2.29. The Balaban J connectivity index is 2.02. The highest BCUT2D eigenvalue weighted by molar-refractivity contribution is 9.10. The fourth-order valence-corrected chi connectivity index (χ4v) is 2.58. The van der Waals surface area contributed by atoms with Gasteiger partial charge in [-0.3, -0.25) is 0 Å². The van der Waals surface area contributed by atoms with Crippen LogP contribution in [0.1, 0.15) is 25.7 Å². The van der Waals surface area contributed by atoms with Crippen molar-refractivity contribution in [2.45, 2.75) is 37.9 Å². The summed E-state index contributed by atoms with van der Waals surface area (Å²) in [6.07, 6.45) is 4.89. The van der Waals surface area contributed by atoms with Gasteiger partial charge in [0.05, 0.1) is 10.6 Å². The lowest BCUT2D eigenvalue weighted by atomic mass is 9.95. The number of benzene rings is 1. The fraction of sp³-hybridized carbons (Fsp3) is 0.538. The molecule has 0 bridgehead atoms. The summed E-state index contributed by atoms with van der Waals surface area (Å²) in [5, 5.41) is 0. The summed E-state index contributed by atoms with van der Waals surface area (Å²) < 4.78 is 12.2. The summed E-state index contributed by atoms with van der Waals surface area (Å²) in [5.74, 6) is 0.826. The number of nitrogens with two attached hydrogens (primary N) is 1. The molecule has 1 aromatic rings. The van der Waals surface area contributed by atoms with Crippen LogP contribution < -0.4 is 10.5 Å². The van der Waals surface area contributed by atoms with Gasteiger partial charge in [-0.05, 0) is 47.3 Å². The van der Waals surface area contributed by atoms with Gasteiger partial charge in [0, 0.05) is 19.2 Å². The van der Waals surface area contributed by atoms with Crippen LogP contribution in [0.25, 0.3) is 0 Å². The molecule has 17 heavy (non-hydrogen) atoms. The molecule has 1 aliphatic rings. The molecule has 94 valence electrons. The molecule has 1 fully saturated rings. The maximum Gasteiger partial charge on any atom is 0.135 e. The molecule has 1 aromatic carbocycles. The number of nitrogen functional groups attached to an aromatic ring is 1. The molecule has 2 rings (SSSR count). The lowest BCUT2D eigenvalue weighted by Gasteiger charge is -2.29. The molecule has 2 atom stereocenters. The monoisotopic (exact) mass is 299 g/mol. The van der Waals surface area contributed by atoms with Crippen molar-refractivity contribution >= 4 is 21.6 Å². The van der Waals surface area contributed by atoms with Crippen LogP contribution in [0.4, 0.5) is 5.69 Å². The minimum absolute atomic E-state index is 0.229. The molecule has 2 unspecified atom stereocenters. The summed E-state index contributed by atoms with van der Waals surface area (Å²) in [7, 11) is 1.77. The first-order chi connectivity index (χ1) is 8.20. The van der Waals surface area contributed by atoms with Crippen molar-refractivity contribution in [3.63, 3.8) is 0 Å². The third-order valence-corrected chi connectivity index (χ3v) is 4.05. The van der Waals surface area contributed by atoms with E-state index < -0.39 is 0 Å². The molecule has 0 heterocycles. The zero-order chi connectivity index (χ0) is 12.3. The molecule has 4 heteroatoms. The second kappa shape index (κ2) is 5.74. The Bertz CT molecular complexity index is 384. The second-order valence-corrected chi connectivity index (χ2v) is 5.22. The second-order valence-electron chi connectivity index (χ2n) is 4.42. The van der Waals surface area contributed by atoms with E-state index in [1.807, 2.05) is 18.2 Å². The van der Waals surface area contributed by atoms with E-state index in [0.29, 0.717) is 11.8 Å². The third kappa shape index (κ3) is 3.13. The minimum atomic E-state index is 0.229. The van der Waals surface area contributed by atoms with Crippen molar-refractivity contribution in [3.8, 4) is 5.75 Å². The van der Waals surface area contributed by atoms with Gasteiger partial charge in [0.25, 0.3) is 0 Å². The molecular weight excluding hydrogens is 282 g/mol. The predicted octanol–water partition coefficient (Wildman–Crippen LogP) is 3.37. The van der Waals surface area contributed by atoms with Crippen molar-refractivity contribution in [3.05, 3.63) is 22.7 Å². The van der Waals surface area contributed by atoms with Crippen molar-refractivity contribution in [1.82, 2.24) is 0 Å². The summed E-state index contributed by atoms with van der Waals surface area (Å²) in [6, 6.07) is 5.71. The molecule has 0 spiro atoms. The highest BCUT2D eigenvalue weighted by Gasteiger charge is 2.23. The normalized spacial score (nSPS) is 24.6. The van der Waals surface area contributed by atoms with E-state index in [2.05, 4.69) is 15.9 Å². The molecule has 1 saturated carbocycles. The SMILES string of the molecule is COC1CCCC(Oc2cccc(N)c2Br)C1. The molecule has 3 nitrogen and oxygen atoms in total. The zero-order valence-electron chi connectivity index (χ0n) is 9.99. The Labute approximate surface area is 110 Å². The van der Waals surface area contributed by atoms with Crippen LogP contribution in [0.15, 0.2) is 22.7 Å². The van der Waals surface area contributed by atoms with E-state index in [0.717, 1.165) is 35.9 Å². The largest absolute Gasteiger partial charge is 0.489 e. The van der Waals surface area contributed by atoms with Gasteiger partial charge in [-0.15, -0.1) is 0 Å². The van der Waals surface area contributed by atoms with E-state index in [9.17, 15) is 0 Å². The van der Waals surface area contributed by atoms with Crippen LogP contribution >= 0.6 is 15.9 Å². The average Bonchev–Trinajstić information content (AvgIpc) is 2.35.